The first kappa shape index (κ1) is 19.6. The van der Waals surface area contributed by atoms with E-state index >= 15 is 0 Å². The molecule has 9 heteroatoms. The van der Waals surface area contributed by atoms with Crippen molar-refractivity contribution in [1.82, 2.24) is 29.8 Å². The summed E-state index contributed by atoms with van der Waals surface area (Å²) >= 11 is 0. The van der Waals surface area contributed by atoms with Crippen molar-refractivity contribution in [3.63, 3.8) is 0 Å². The van der Waals surface area contributed by atoms with Gasteiger partial charge in [-0.25, -0.2) is 15.0 Å². The number of hydrogen-bond donors (Lipinski definition) is 1. The number of benzene rings is 1. The molecule has 1 aromatic carbocycles. The third-order valence-corrected chi connectivity index (χ3v) is 5.88. The Balaban J connectivity index is 1.17. The zero-order chi connectivity index (χ0) is 22.2. The zero-order valence-corrected chi connectivity index (χ0v) is 17.7. The number of fused-ring (bicyclic) bond motifs is 2. The van der Waals surface area contributed by atoms with Crippen LogP contribution < -0.4 is 15.0 Å². The summed E-state index contributed by atoms with van der Waals surface area (Å²) in [6, 6.07) is 9.91. The van der Waals surface area contributed by atoms with Crippen LogP contribution in [0.3, 0.4) is 0 Å². The highest BCUT2D eigenvalue weighted by molar-refractivity contribution is 5.64. The number of pyridine rings is 1. The molecule has 3 aromatic heterocycles. The molecule has 1 N–H and O–H groups in total. The van der Waals surface area contributed by atoms with Gasteiger partial charge in [0, 0.05) is 50.2 Å². The molecule has 2 aliphatic rings. The first-order valence-corrected chi connectivity index (χ1v) is 10.7. The summed E-state index contributed by atoms with van der Waals surface area (Å²) < 4.78 is 10.8. The summed E-state index contributed by atoms with van der Waals surface area (Å²) in [5.74, 6) is 2.01. The molecule has 9 nitrogen and oxygen atoms in total. The average Bonchev–Trinajstić information content (AvgIpc) is 3.33. The van der Waals surface area contributed by atoms with Gasteiger partial charge in [-0.05, 0) is 29.8 Å². The molecule has 6 rings (SSSR count). The monoisotopic (exact) mass is 440 g/mol. The average molecular weight is 440 g/mol. The van der Waals surface area contributed by atoms with Crippen LogP contribution in [0.5, 0.6) is 11.5 Å². The molecule has 0 bridgehead atoms. The number of rotatable bonds is 4. The van der Waals surface area contributed by atoms with Crippen molar-refractivity contribution in [1.29, 1.82) is 0 Å². The molecule has 0 spiro atoms. The smallest absolute Gasteiger partial charge is 0.255 e. The van der Waals surface area contributed by atoms with Gasteiger partial charge in [-0.15, -0.1) is 0 Å². The first-order chi connectivity index (χ1) is 16.2. The van der Waals surface area contributed by atoms with Gasteiger partial charge in [0.25, 0.3) is 5.56 Å². The molecule has 0 saturated heterocycles. The molecule has 164 valence electrons. The fraction of sp³-hybridized carbons (Fsp3) is 0.208. The number of H-pyrrole nitrogens is 1. The van der Waals surface area contributed by atoms with Crippen molar-refractivity contribution >= 4 is 0 Å². The standard InChI is InChI=1S/C24H20N6O3/c31-24-18-12-30(6-5-20(18)28-23(29-24)17-9-25-13-26-10-17)11-15-1-3-19(27-8-15)16-2-4-21-22(7-16)33-14-32-21/h1-4,7-10,13H,5-6,11-12,14H2,(H,28,29,31). The molecule has 2 aliphatic heterocycles. The summed E-state index contributed by atoms with van der Waals surface area (Å²) in [5.41, 5.74) is 5.09. The van der Waals surface area contributed by atoms with Crippen LogP contribution in [-0.4, -0.2) is 43.2 Å². The van der Waals surface area contributed by atoms with Crippen molar-refractivity contribution in [3.8, 4) is 34.1 Å². The van der Waals surface area contributed by atoms with E-state index in [0.29, 0.717) is 36.5 Å². The predicted molar refractivity (Wildman–Crippen MR) is 119 cm³/mol. The van der Waals surface area contributed by atoms with Crippen LogP contribution in [0.4, 0.5) is 0 Å². The summed E-state index contributed by atoms with van der Waals surface area (Å²) in [7, 11) is 0. The van der Waals surface area contributed by atoms with Crippen LogP contribution in [0.25, 0.3) is 22.6 Å². The maximum atomic E-state index is 12.7. The fourth-order valence-electron chi connectivity index (χ4n) is 4.18. The molecule has 4 aromatic rings. The van der Waals surface area contributed by atoms with Gasteiger partial charge in [0.05, 0.1) is 22.5 Å². The molecule has 0 fully saturated rings. The van der Waals surface area contributed by atoms with E-state index in [9.17, 15) is 4.79 Å². The lowest BCUT2D eigenvalue weighted by Crippen LogP contribution is -2.35. The van der Waals surface area contributed by atoms with Gasteiger partial charge in [-0.2, -0.15) is 0 Å². The van der Waals surface area contributed by atoms with Gasteiger partial charge < -0.3 is 14.5 Å². The first-order valence-electron chi connectivity index (χ1n) is 10.7. The number of ether oxygens (including phenoxy) is 2. The van der Waals surface area contributed by atoms with E-state index in [2.05, 4.69) is 35.9 Å². The molecule has 5 heterocycles. The third kappa shape index (κ3) is 3.83. The maximum absolute atomic E-state index is 12.7. The predicted octanol–water partition coefficient (Wildman–Crippen LogP) is 2.58. The lowest BCUT2D eigenvalue weighted by Gasteiger charge is -2.27. The van der Waals surface area contributed by atoms with Crippen LogP contribution in [0.2, 0.25) is 0 Å². The fourth-order valence-corrected chi connectivity index (χ4v) is 4.18. The Morgan fingerprint density at radius 3 is 2.73 bits per heavy atom. The van der Waals surface area contributed by atoms with E-state index in [1.807, 2.05) is 30.5 Å². The molecule has 0 saturated carbocycles. The van der Waals surface area contributed by atoms with Gasteiger partial charge in [0.15, 0.2) is 11.5 Å². The summed E-state index contributed by atoms with van der Waals surface area (Å²) in [4.78, 5) is 35.2. The summed E-state index contributed by atoms with van der Waals surface area (Å²) in [6.45, 7) is 2.33. The molecule has 33 heavy (non-hydrogen) atoms. The highest BCUT2D eigenvalue weighted by Gasteiger charge is 2.22. The maximum Gasteiger partial charge on any atom is 0.255 e. The van der Waals surface area contributed by atoms with Crippen LogP contribution in [0.15, 0.2) is 60.0 Å². The van der Waals surface area contributed by atoms with E-state index < -0.39 is 0 Å². The summed E-state index contributed by atoms with van der Waals surface area (Å²) in [6.07, 6.45) is 7.34. The minimum atomic E-state index is -0.111. The molecule has 0 aliphatic carbocycles. The van der Waals surface area contributed by atoms with E-state index in [1.54, 1.807) is 12.4 Å². The Labute approximate surface area is 189 Å². The normalized spacial score (nSPS) is 14.8. The Bertz CT molecular complexity index is 1370. The minimum Gasteiger partial charge on any atom is -0.454 e. The van der Waals surface area contributed by atoms with Crippen LogP contribution in [0, 0.1) is 0 Å². The van der Waals surface area contributed by atoms with E-state index in [-0.39, 0.29) is 12.4 Å². The quantitative estimate of drug-likeness (QED) is 0.516. The summed E-state index contributed by atoms with van der Waals surface area (Å²) in [5, 5.41) is 0. The number of aromatic amines is 1. The van der Waals surface area contributed by atoms with Crippen LogP contribution in [-0.2, 0) is 19.5 Å². The second-order valence-electron chi connectivity index (χ2n) is 8.05. The number of aromatic nitrogens is 5. The van der Waals surface area contributed by atoms with Crippen molar-refractivity contribution in [2.45, 2.75) is 19.5 Å². The largest absolute Gasteiger partial charge is 0.454 e. The second kappa shape index (κ2) is 8.10. The van der Waals surface area contributed by atoms with Crippen LogP contribution in [0.1, 0.15) is 16.8 Å². The topological polar surface area (TPSA) is 106 Å². The van der Waals surface area contributed by atoms with Crippen molar-refractivity contribution in [3.05, 3.63) is 82.4 Å². The number of nitrogens with zero attached hydrogens (tertiary/aromatic N) is 5. The van der Waals surface area contributed by atoms with Gasteiger partial charge in [-0.1, -0.05) is 6.07 Å². The van der Waals surface area contributed by atoms with E-state index in [0.717, 1.165) is 40.6 Å². The lowest BCUT2D eigenvalue weighted by atomic mass is 10.1. The molecular weight excluding hydrogens is 420 g/mol. The lowest BCUT2D eigenvalue weighted by molar-refractivity contribution is 0.174. The second-order valence-corrected chi connectivity index (χ2v) is 8.05. The van der Waals surface area contributed by atoms with Gasteiger partial charge in [0.1, 0.15) is 12.2 Å². The molecule has 0 unspecified atom stereocenters. The molecule has 0 amide bonds. The van der Waals surface area contributed by atoms with E-state index in [1.165, 1.54) is 6.33 Å². The Hall–Kier alpha value is -4.11. The Morgan fingerprint density at radius 1 is 1.00 bits per heavy atom. The number of hydrogen-bond acceptors (Lipinski definition) is 8. The third-order valence-electron chi connectivity index (χ3n) is 5.88. The van der Waals surface area contributed by atoms with Gasteiger partial charge >= 0.3 is 0 Å². The van der Waals surface area contributed by atoms with Gasteiger partial charge in [0.2, 0.25) is 6.79 Å². The van der Waals surface area contributed by atoms with Gasteiger partial charge in [-0.3, -0.25) is 14.7 Å². The minimum absolute atomic E-state index is 0.111. The Morgan fingerprint density at radius 2 is 1.88 bits per heavy atom. The SMILES string of the molecule is O=c1[nH]c(-c2cncnc2)nc2c1CN(Cc1ccc(-c3ccc4c(c3)OCO4)nc1)CC2. The van der Waals surface area contributed by atoms with Crippen LogP contribution >= 0.6 is 0 Å². The van der Waals surface area contributed by atoms with Crippen molar-refractivity contribution < 1.29 is 9.47 Å². The zero-order valence-electron chi connectivity index (χ0n) is 17.7. The highest BCUT2D eigenvalue weighted by Crippen LogP contribution is 2.35. The highest BCUT2D eigenvalue weighted by atomic mass is 16.7. The molecular formula is C24H20N6O3. The molecule has 0 radical (unpaired) electrons. The van der Waals surface area contributed by atoms with E-state index in [4.69, 9.17) is 9.47 Å². The Kier molecular flexibility index (Phi) is 4.80. The van der Waals surface area contributed by atoms with Crippen molar-refractivity contribution in [2.24, 2.45) is 0 Å². The van der Waals surface area contributed by atoms with Crippen molar-refractivity contribution in [2.75, 3.05) is 13.3 Å². The number of nitrogens with one attached hydrogen (secondary N) is 1. The molecule has 0 atom stereocenters.